The van der Waals surface area contributed by atoms with Crippen LogP contribution < -0.4 is 10.5 Å². The van der Waals surface area contributed by atoms with Gasteiger partial charge in [-0.05, 0) is 26.0 Å². The van der Waals surface area contributed by atoms with Crippen molar-refractivity contribution in [1.82, 2.24) is 19.9 Å². The molecule has 3 aromatic heterocycles. The summed E-state index contributed by atoms with van der Waals surface area (Å²) >= 11 is 0. The van der Waals surface area contributed by atoms with Crippen LogP contribution in [-0.4, -0.2) is 52.1 Å². The summed E-state index contributed by atoms with van der Waals surface area (Å²) in [4.78, 5) is 18.7. The standard InChI is InChI=1S/C20H21F2N5O3/c1-12-3-4-14(6-23-12)20-17(13(2)30-25-20)10-27-19(28)5-15(7-24-27)26-8-16(9-26)29-11-18(21)22/h3-7,16,18H,8-11H2,1-2H3. The molecule has 8 nitrogen and oxygen atoms in total. The third-order valence-corrected chi connectivity index (χ3v) is 5.00. The van der Waals surface area contributed by atoms with E-state index in [1.807, 2.05) is 24.0 Å². The fourth-order valence-electron chi connectivity index (χ4n) is 3.24. The Morgan fingerprint density at radius 3 is 2.73 bits per heavy atom. The fourth-order valence-corrected chi connectivity index (χ4v) is 3.24. The van der Waals surface area contributed by atoms with Gasteiger partial charge in [-0.15, -0.1) is 0 Å². The molecular formula is C20H21F2N5O3. The Kier molecular flexibility index (Phi) is 5.58. The summed E-state index contributed by atoms with van der Waals surface area (Å²) in [6.07, 6.45) is 0.560. The Morgan fingerprint density at radius 2 is 2.07 bits per heavy atom. The lowest BCUT2D eigenvalue weighted by Gasteiger charge is -2.40. The molecule has 4 heterocycles. The SMILES string of the molecule is Cc1ccc(-c2noc(C)c2Cn2ncc(N3CC(OCC(F)F)C3)cc2=O)cn1. The van der Waals surface area contributed by atoms with Crippen molar-refractivity contribution < 1.29 is 18.0 Å². The molecule has 30 heavy (non-hydrogen) atoms. The zero-order chi connectivity index (χ0) is 21.3. The summed E-state index contributed by atoms with van der Waals surface area (Å²) in [7, 11) is 0. The van der Waals surface area contributed by atoms with Gasteiger partial charge in [0.2, 0.25) is 0 Å². The van der Waals surface area contributed by atoms with Crippen molar-refractivity contribution in [2.45, 2.75) is 32.9 Å². The minimum absolute atomic E-state index is 0.206. The van der Waals surface area contributed by atoms with Crippen LogP contribution in [0.15, 0.2) is 39.9 Å². The maximum Gasteiger partial charge on any atom is 0.269 e. The van der Waals surface area contributed by atoms with Gasteiger partial charge in [-0.1, -0.05) is 5.16 Å². The van der Waals surface area contributed by atoms with E-state index in [1.165, 1.54) is 10.7 Å². The van der Waals surface area contributed by atoms with Gasteiger partial charge in [0.05, 0.1) is 24.5 Å². The normalized spacial score (nSPS) is 14.4. The smallest absolute Gasteiger partial charge is 0.269 e. The quantitative estimate of drug-likeness (QED) is 0.584. The number of anilines is 1. The van der Waals surface area contributed by atoms with Gasteiger partial charge in [-0.2, -0.15) is 5.10 Å². The topological polar surface area (TPSA) is 86.3 Å². The Balaban J connectivity index is 1.47. The van der Waals surface area contributed by atoms with Crippen molar-refractivity contribution in [1.29, 1.82) is 0 Å². The van der Waals surface area contributed by atoms with E-state index in [9.17, 15) is 13.6 Å². The second-order valence-electron chi connectivity index (χ2n) is 7.22. The summed E-state index contributed by atoms with van der Waals surface area (Å²) in [5, 5.41) is 8.38. The monoisotopic (exact) mass is 417 g/mol. The molecule has 0 N–H and O–H groups in total. The highest BCUT2D eigenvalue weighted by Gasteiger charge is 2.29. The molecule has 158 valence electrons. The Labute approximate surface area is 171 Å². The fraction of sp³-hybridized carbons (Fsp3) is 0.400. The number of halogens is 2. The molecule has 1 saturated heterocycles. The molecule has 4 rings (SSSR count). The molecule has 0 bridgehead atoms. The molecule has 0 radical (unpaired) electrons. The maximum atomic E-state index is 12.6. The van der Waals surface area contributed by atoms with E-state index >= 15 is 0 Å². The number of hydrogen-bond donors (Lipinski definition) is 0. The van der Waals surface area contributed by atoms with E-state index in [0.717, 1.165) is 16.8 Å². The number of aromatic nitrogens is 4. The first-order chi connectivity index (χ1) is 14.4. The Morgan fingerprint density at radius 1 is 1.27 bits per heavy atom. The van der Waals surface area contributed by atoms with Crippen LogP contribution >= 0.6 is 0 Å². The van der Waals surface area contributed by atoms with E-state index in [4.69, 9.17) is 9.26 Å². The summed E-state index contributed by atoms with van der Waals surface area (Å²) in [6, 6.07) is 5.26. The molecule has 0 spiro atoms. The number of alkyl halides is 2. The van der Waals surface area contributed by atoms with E-state index in [1.54, 1.807) is 19.3 Å². The molecule has 3 aromatic rings. The van der Waals surface area contributed by atoms with Gasteiger partial charge in [0.15, 0.2) is 0 Å². The minimum atomic E-state index is -2.48. The van der Waals surface area contributed by atoms with E-state index in [2.05, 4.69) is 15.2 Å². The molecule has 0 unspecified atom stereocenters. The predicted octanol–water partition coefficient (Wildman–Crippen LogP) is 2.43. The van der Waals surface area contributed by atoms with Gasteiger partial charge in [0.1, 0.15) is 18.1 Å². The van der Waals surface area contributed by atoms with Crippen LogP contribution in [0.1, 0.15) is 17.0 Å². The summed E-state index contributed by atoms with van der Waals surface area (Å²) in [5.74, 6) is 0.602. The maximum absolute atomic E-state index is 12.6. The number of pyridine rings is 1. The first-order valence-electron chi connectivity index (χ1n) is 9.50. The predicted molar refractivity (Wildman–Crippen MR) is 105 cm³/mol. The number of aryl methyl sites for hydroxylation is 2. The zero-order valence-corrected chi connectivity index (χ0v) is 16.6. The highest BCUT2D eigenvalue weighted by molar-refractivity contribution is 5.62. The van der Waals surface area contributed by atoms with Crippen LogP contribution in [0.2, 0.25) is 0 Å². The van der Waals surface area contributed by atoms with Crippen LogP contribution in [0.4, 0.5) is 14.5 Å². The Hall–Kier alpha value is -3.14. The van der Waals surface area contributed by atoms with Crippen LogP contribution in [0.5, 0.6) is 0 Å². The largest absolute Gasteiger partial charge is 0.369 e. The number of hydrogen-bond acceptors (Lipinski definition) is 7. The number of rotatable bonds is 7. The average Bonchev–Trinajstić information content (AvgIpc) is 3.03. The molecular weight excluding hydrogens is 396 g/mol. The van der Waals surface area contributed by atoms with E-state index in [0.29, 0.717) is 30.2 Å². The molecule has 0 atom stereocenters. The lowest BCUT2D eigenvalue weighted by molar-refractivity contribution is -0.0336. The van der Waals surface area contributed by atoms with E-state index < -0.39 is 13.0 Å². The summed E-state index contributed by atoms with van der Waals surface area (Å²) in [6.45, 7) is 4.22. The van der Waals surface area contributed by atoms with Crippen molar-refractivity contribution in [2.24, 2.45) is 0 Å². The molecule has 1 fully saturated rings. The molecule has 1 aliphatic rings. The van der Waals surface area contributed by atoms with Gasteiger partial charge in [-0.25, -0.2) is 13.5 Å². The summed E-state index contributed by atoms with van der Waals surface area (Å²) < 4.78 is 36.1. The molecule has 10 heteroatoms. The first-order valence-corrected chi connectivity index (χ1v) is 9.50. The van der Waals surface area contributed by atoms with Crippen molar-refractivity contribution in [3.63, 3.8) is 0 Å². The zero-order valence-electron chi connectivity index (χ0n) is 16.6. The number of nitrogens with zero attached hydrogens (tertiary/aromatic N) is 5. The van der Waals surface area contributed by atoms with Gasteiger partial charge in [0.25, 0.3) is 12.0 Å². The Bertz CT molecular complexity index is 1070. The van der Waals surface area contributed by atoms with Crippen molar-refractivity contribution in [3.8, 4) is 11.3 Å². The molecule has 0 amide bonds. The lowest BCUT2D eigenvalue weighted by Crippen LogP contribution is -2.53. The third kappa shape index (κ3) is 4.23. The molecule has 1 aliphatic heterocycles. The highest BCUT2D eigenvalue weighted by Crippen LogP contribution is 2.26. The van der Waals surface area contributed by atoms with Gasteiger partial charge < -0.3 is 14.2 Å². The van der Waals surface area contributed by atoms with Crippen LogP contribution in [0, 0.1) is 13.8 Å². The molecule has 0 aliphatic carbocycles. The van der Waals surface area contributed by atoms with Crippen LogP contribution in [0.3, 0.4) is 0 Å². The molecule has 0 saturated carbocycles. The minimum Gasteiger partial charge on any atom is -0.369 e. The van der Waals surface area contributed by atoms with Crippen molar-refractivity contribution >= 4 is 5.69 Å². The van der Waals surface area contributed by atoms with Gasteiger partial charge in [-0.3, -0.25) is 9.78 Å². The van der Waals surface area contributed by atoms with Crippen molar-refractivity contribution in [3.05, 3.63) is 58.0 Å². The number of ether oxygens (including phenoxy) is 1. The van der Waals surface area contributed by atoms with Crippen molar-refractivity contribution in [2.75, 3.05) is 24.6 Å². The lowest BCUT2D eigenvalue weighted by atomic mass is 10.1. The summed E-state index contributed by atoms with van der Waals surface area (Å²) in [5.41, 5.74) is 3.43. The second kappa shape index (κ2) is 8.31. The first kappa shape index (κ1) is 20.1. The van der Waals surface area contributed by atoms with Gasteiger partial charge >= 0.3 is 0 Å². The highest BCUT2D eigenvalue weighted by atomic mass is 19.3. The average molecular weight is 417 g/mol. The molecule has 0 aromatic carbocycles. The van der Waals surface area contributed by atoms with E-state index in [-0.39, 0.29) is 18.2 Å². The second-order valence-corrected chi connectivity index (χ2v) is 7.22. The van der Waals surface area contributed by atoms with Crippen LogP contribution in [-0.2, 0) is 11.3 Å². The van der Waals surface area contributed by atoms with Crippen LogP contribution in [0.25, 0.3) is 11.3 Å². The third-order valence-electron chi connectivity index (χ3n) is 5.00. The van der Waals surface area contributed by atoms with Gasteiger partial charge in [0, 0.05) is 42.2 Å².